The van der Waals surface area contributed by atoms with Gasteiger partial charge in [-0.2, -0.15) is 0 Å². The van der Waals surface area contributed by atoms with Crippen molar-refractivity contribution < 1.29 is 14.7 Å². The number of carbonyl (C=O) groups is 2. The third kappa shape index (κ3) is 3.69. The lowest BCUT2D eigenvalue weighted by Crippen LogP contribution is -2.41. The predicted octanol–water partition coefficient (Wildman–Crippen LogP) is 1.65. The van der Waals surface area contributed by atoms with E-state index in [2.05, 4.69) is 16.0 Å². The maximum absolute atomic E-state index is 13.0. The van der Waals surface area contributed by atoms with Gasteiger partial charge in [0.05, 0.1) is 22.6 Å². The predicted molar refractivity (Wildman–Crippen MR) is 115 cm³/mol. The first-order valence-electron chi connectivity index (χ1n) is 9.88. The summed E-state index contributed by atoms with van der Waals surface area (Å²) >= 11 is 0. The van der Waals surface area contributed by atoms with E-state index in [0.717, 1.165) is 11.3 Å². The van der Waals surface area contributed by atoms with Crippen LogP contribution < -0.4 is 21.8 Å². The smallest absolute Gasteiger partial charge is 0.218 e. The first-order valence-corrected chi connectivity index (χ1v) is 9.88. The summed E-state index contributed by atoms with van der Waals surface area (Å²) in [5.41, 5.74) is 4.16. The van der Waals surface area contributed by atoms with Gasteiger partial charge >= 0.3 is 0 Å². The number of benzene rings is 1. The lowest BCUT2D eigenvalue weighted by atomic mass is 9.86. The van der Waals surface area contributed by atoms with Gasteiger partial charge < -0.3 is 26.9 Å². The monoisotopic (exact) mass is 407 g/mol. The summed E-state index contributed by atoms with van der Waals surface area (Å²) in [6.07, 6.45) is 5.86. The number of allylic oxidation sites excluding steroid dienone is 2. The van der Waals surface area contributed by atoms with Crippen LogP contribution in [0.3, 0.4) is 0 Å². The molecule has 0 radical (unpaired) electrons. The van der Waals surface area contributed by atoms with Crippen molar-refractivity contribution >= 4 is 28.6 Å². The third-order valence-electron chi connectivity index (χ3n) is 5.36. The molecule has 2 atom stereocenters. The molecule has 2 unspecified atom stereocenters. The molecule has 0 bridgehead atoms. The first kappa shape index (κ1) is 19.8. The summed E-state index contributed by atoms with van der Waals surface area (Å²) in [5, 5.41) is 18.9. The van der Waals surface area contributed by atoms with Crippen LogP contribution in [0.15, 0.2) is 48.7 Å². The number of hydrogen-bond donors (Lipinski definition) is 5. The Labute approximate surface area is 174 Å². The summed E-state index contributed by atoms with van der Waals surface area (Å²) in [4.78, 5) is 24.5. The molecule has 0 saturated carbocycles. The largest absolute Gasteiger partial charge is 0.396 e. The van der Waals surface area contributed by atoms with E-state index in [0.29, 0.717) is 29.1 Å². The number of nitrogens with two attached hydrogens (primary N) is 1. The van der Waals surface area contributed by atoms with E-state index in [1.807, 2.05) is 42.5 Å². The molecule has 8 heteroatoms. The number of aromatic nitrogens is 1. The zero-order valence-electron chi connectivity index (χ0n) is 16.7. The Morgan fingerprint density at radius 2 is 2.07 bits per heavy atom. The first-order chi connectivity index (χ1) is 14.5. The molecular weight excluding hydrogens is 382 g/mol. The van der Waals surface area contributed by atoms with Gasteiger partial charge in [-0.05, 0) is 42.8 Å². The van der Waals surface area contributed by atoms with Gasteiger partial charge in [-0.1, -0.05) is 18.2 Å². The Morgan fingerprint density at radius 3 is 2.77 bits per heavy atom. The summed E-state index contributed by atoms with van der Waals surface area (Å²) in [6.45, 7) is 1.39. The Balaban J connectivity index is 1.85. The van der Waals surface area contributed by atoms with Gasteiger partial charge in [0.2, 0.25) is 5.91 Å². The molecule has 0 saturated heterocycles. The van der Waals surface area contributed by atoms with Gasteiger partial charge in [-0.3, -0.25) is 14.3 Å². The Bertz CT molecular complexity index is 1040. The number of Topliss-reactive ketones (excluding diaryl/α,β-unsaturated/α-hetero) is 1. The number of fused-ring (bicyclic) bond motifs is 1. The average molecular weight is 407 g/mol. The number of amides is 1. The van der Waals surface area contributed by atoms with Gasteiger partial charge in [0.1, 0.15) is 6.17 Å². The Kier molecular flexibility index (Phi) is 5.33. The SMILES string of the molecule is CC(=O)NC1C=C(c2c(Nc3ccccc3)c3c(n2N)CC(CO)CC3=O)C=CN1. The normalized spacial score (nSPS) is 20.2. The second-order valence-electron chi connectivity index (χ2n) is 7.59. The molecule has 0 spiro atoms. The van der Waals surface area contributed by atoms with Crippen molar-refractivity contribution in [3.63, 3.8) is 0 Å². The van der Waals surface area contributed by atoms with E-state index in [-0.39, 0.29) is 36.8 Å². The van der Waals surface area contributed by atoms with Crippen molar-refractivity contribution in [2.45, 2.75) is 25.9 Å². The standard InChI is InChI=1S/C22H25N5O3/c1-13(29)25-19-11-15(7-8-24-19)22-21(26-16-5-3-2-4-6-16)20-17(27(22)23)9-14(12-28)10-18(20)30/h2-8,11,14,19,24,26,28H,9-10,12,23H2,1H3,(H,25,29). The molecule has 0 fully saturated rings. The number of aliphatic hydroxyl groups excluding tert-OH is 1. The molecule has 1 aliphatic heterocycles. The lowest BCUT2D eigenvalue weighted by molar-refractivity contribution is -0.119. The van der Waals surface area contributed by atoms with E-state index >= 15 is 0 Å². The van der Waals surface area contributed by atoms with E-state index in [9.17, 15) is 14.7 Å². The van der Waals surface area contributed by atoms with Crippen LogP contribution in [-0.2, 0) is 11.2 Å². The number of carbonyl (C=O) groups excluding carboxylic acids is 2. The zero-order valence-corrected chi connectivity index (χ0v) is 16.7. The number of hydrogen-bond acceptors (Lipinski definition) is 6. The molecule has 2 aliphatic rings. The van der Waals surface area contributed by atoms with Gasteiger partial charge in [-0.25, -0.2) is 0 Å². The van der Waals surface area contributed by atoms with E-state index in [1.54, 1.807) is 6.20 Å². The maximum Gasteiger partial charge on any atom is 0.218 e. The molecule has 1 aliphatic carbocycles. The lowest BCUT2D eigenvalue weighted by Gasteiger charge is -2.21. The molecule has 8 nitrogen and oxygen atoms in total. The molecule has 30 heavy (non-hydrogen) atoms. The minimum Gasteiger partial charge on any atom is -0.396 e. The number of dihydropyridines is 1. The number of para-hydroxylation sites is 1. The summed E-state index contributed by atoms with van der Waals surface area (Å²) < 4.78 is 1.53. The van der Waals surface area contributed by atoms with Gasteiger partial charge in [-0.15, -0.1) is 0 Å². The summed E-state index contributed by atoms with van der Waals surface area (Å²) in [7, 11) is 0. The minimum absolute atomic E-state index is 0.0453. The fourth-order valence-electron chi connectivity index (χ4n) is 4.03. The molecule has 1 amide bonds. The van der Waals surface area contributed by atoms with Crippen LogP contribution in [0.4, 0.5) is 11.4 Å². The van der Waals surface area contributed by atoms with Crippen LogP contribution in [-0.4, -0.2) is 34.2 Å². The van der Waals surface area contributed by atoms with Crippen LogP contribution in [0.1, 0.15) is 35.1 Å². The maximum atomic E-state index is 13.0. The molecule has 2 heterocycles. The van der Waals surface area contributed by atoms with Crippen LogP contribution in [0.5, 0.6) is 0 Å². The highest BCUT2D eigenvalue weighted by molar-refractivity contribution is 6.07. The number of anilines is 2. The molecule has 4 rings (SSSR count). The Morgan fingerprint density at radius 1 is 1.30 bits per heavy atom. The second kappa shape index (κ2) is 8.08. The zero-order chi connectivity index (χ0) is 21.3. The minimum atomic E-state index is -0.389. The van der Waals surface area contributed by atoms with E-state index < -0.39 is 0 Å². The fraction of sp³-hybridized carbons (Fsp3) is 0.273. The molecule has 156 valence electrons. The van der Waals surface area contributed by atoms with Gasteiger partial charge in [0.25, 0.3) is 0 Å². The van der Waals surface area contributed by atoms with Crippen molar-refractivity contribution in [2.75, 3.05) is 17.8 Å². The average Bonchev–Trinajstić information content (AvgIpc) is 3.00. The van der Waals surface area contributed by atoms with E-state index in [1.165, 1.54) is 11.6 Å². The van der Waals surface area contributed by atoms with Crippen molar-refractivity contribution in [3.05, 3.63) is 65.6 Å². The van der Waals surface area contributed by atoms with Crippen LogP contribution >= 0.6 is 0 Å². The molecule has 6 N–H and O–H groups in total. The number of nitrogens with zero attached hydrogens (tertiary/aromatic N) is 1. The highest BCUT2D eigenvalue weighted by Gasteiger charge is 2.34. The molecule has 1 aromatic carbocycles. The van der Waals surface area contributed by atoms with Crippen molar-refractivity contribution in [1.29, 1.82) is 0 Å². The van der Waals surface area contributed by atoms with Crippen LogP contribution in [0.25, 0.3) is 5.57 Å². The molecule has 1 aromatic heterocycles. The highest BCUT2D eigenvalue weighted by atomic mass is 16.3. The van der Waals surface area contributed by atoms with Gasteiger partial charge in [0, 0.05) is 31.2 Å². The number of aliphatic hydroxyl groups is 1. The number of rotatable bonds is 5. The molecule has 2 aromatic rings. The quantitative estimate of drug-likeness (QED) is 0.481. The summed E-state index contributed by atoms with van der Waals surface area (Å²) in [6, 6.07) is 9.58. The van der Waals surface area contributed by atoms with Gasteiger partial charge in [0.15, 0.2) is 5.78 Å². The Hall–Kier alpha value is -3.52. The van der Waals surface area contributed by atoms with Crippen LogP contribution in [0, 0.1) is 5.92 Å². The van der Waals surface area contributed by atoms with Crippen molar-refractivity contribution in [2.24, 2.45) is 5.92 Å². The number of ketones is 1. The number of nitrogen functional groups attached to an aromatic ring is 1. The fourth-order valence-corrected chi connectivity index (χ4v) is 4.03. The van der Waals surface area contributed by atoms with E-state index in [4.69, 9.17) is 5.84 Å². The molecular formula is C22H25N5O3. The van der Waals surface area contributed by atoms with Crippen LogP contribution in [0.2, 0.25) is 0 Å². The highest BCUT2D eigenvalue weighted by Crippen LogP contribution is 2.40. The van der Waals surface area contributed by atoms with Crippen molar-refractivity contribution in [3.8, 4) is 0 Å². The second-order valence-corrected chi connectivity index (χ2v) is 7.59. The van der Waals surface area contributed by atoms with Crippen molar-refractivity contribution in [1.82, 2.24) is 15.3 Å². The number of nitrogens with one attached hydrogen (secondary N) is 3. The topological polar surface area (TPSA) is 121 Å². The third-order valence-corrected chi connectivity index (χ3v) is 5.36. The summed E-state index contributed by atoms with van der Waals surface area (Å²) in [5.74, 6) is 6.14.